The molecule has 0 aliphatic heterocycles. The summed E-state index contributed by atoms with van der Waals surface area (Å²) in [5.41, 5.74) is -0.281. The second-order valence-corrected chi connectivity index (χ2v) is 7.29. The molecule has 1 heterocycles. The third-order valence-electron chi connectivity index (χ3n) is 2.69. The highest BCUT2D eigenvalue weighted by molar-refractivity contribution is 7.92. The predicted molar refractivity (Wildman–Crippen MR) is 68.3 cm³/mol. The third-order valence-corrected chi connectivity index (χ3v) is 4.84. The van der Waals surface area contributed by atoms with Crippen LogP contribution in [0.5, 0.6) is 0 Å². The normalized spacial score (nSPS) is 12.2. The van der Waals surface area contributed by atoms with Gasteiger partial charge in [-0.1, -0.05) is 6.07 Å². The molecule has 0 bridgehead atoms. The summed E-state index contributed by atoms with van der Waals surface area (Å²) in [6.07, 6.45) is 1.11. The van der Waals surface area contributed by atoms with E-state index in [2.05, 4.69) is 10.3 Å². The van der Waals surface area contributed by atoms with E-state index in [4.69, 9.17) is 0 Å². The molecular formula is C11H16N2O4S. The van der Waals surface area contributed by atoms with Crippen molar-refractivity contribution in [3.05, 3.63) is 34.2 Å². The van der Waals surface area contributed by atoms with E-state index in [1.807, 2.05) is 0 Å². The van der Waals surface area contributed by atoms with Gasteiger partial charge in [-0.15, -0.1) is 0 Å². The Kier molecular flexibility index (Phi) is 3.95. The van der Waals surface area contributed by atoms with Crippen LogP contribution in [0.3, 0.4) is 0 Å². The van der Waals surface area contributed by atoms with Crippen LogP contribution in [0.4, 0.5) is 0 Å². The average Bonchev–Trinajstić information content (AvgIpc) is 2.24. The molecular weight excluding hydrogens is 256 g/mol. The van der Waals surface area contributed by atoms with E-state index in [0.717, 1.165) is 6.26 Å². The molecule has 0 aromatic carbocycles. The Morgan fingerprint density at radius 2 is 2.00 bits per heavy atom. The predicted octanol–water partition coefficient (Wildman–Crippen LogP) is -0.0721. The van der Waals surface area contributed by atoms with Crippen molar-refractivity contribution < 1.29 is 13.2 Å². The second-order valence-electron chi connectivity index (χ2n) is 4.64. The first-order valence-electron chi connectivity index (χ1n) is 5.31. The van der Waals surface area contributed by atoms with Gasteiger partial charge < -0.3 is 10.3 Å². The molecule has 2 N–H and O–H groups in total. The topological polar surface area (TPSA) is 96.1 Å². The van der Waals surface area contributed by atoms with Gasteiger partial charge in [-0.3, -0.25) is 9.59 Å². The second kappa shape index (κ2) is 4.93. The highest BCUT2D eigenvalue weighted by Gasteiger charge is 2.30. The van der Waals surface area contributed by atoms with Gasteiger partial charge in [0.05, 0.1) is 4.75 Å². The molecule has 0 aliphatic carbocycles. The number of carbonyl (C=O) groups is 1. The number of aromatic amines is 1. The van der Waals surface area contributed by atoms with E-state index in [-0.39, 0.29) is 17.8 Å². The smallest absolute Gasteiger partial charge is 0.267 e. The molecule has 0 spiro atoms. The minimum atomic E-state index is -3.28. The molecule has 1 rings (SSSR count). The summed E-state index contributed by atoms with van der Waals surface area (Å²) in [4.78, 5) is 25.1. The highest BCUT2D eigenvalue weighted by Crippen LogP contribution is 2.13. The summed E-state index contributed by atoms with van der Waals surface area (Å²) in [6, 6.07) is 4.19. The number of hydrogen-bond acceptors (Lipinski definition) is 4. The summed E-state index contributed by atoms with van der Waals surface area (Å²) >= 11 is 0. The standard InChI is InChI=1S/C11H16N2O4S/c1-11(2,18(3,16)17)7-12-10(15)8-5-4-6-9(14)13-8/h4-6H,7H2,1-3H3,(H,12,15)(H,13,14). The maximum absolute atomic E-state index is 11.7. The van der Waals surface area contributed by atoms with Crippen LogP contribution in [0.25, 0.3) is 0 Å². The van der Waals surface area contributed by atoms with Gasteiger partial charge in [-0.05, 0) is 19.9 Å². The number of rotatable bonds is 4. The van der Waals surface area contributed by atoms with Crippen LogP contribution >= 0.6 is 0 Å². The van der Waals surface area contributed by atoms with Crippen molar-refractivity contribution in [2.45, 2.75) is 18.6 Å². The lowest BCUT2D eigenvalue weighted by Crippen LogP contribution is -2.44. The Labute approximate surface area is 105 Å². The van der Waals surface area contributed by atoms with Crippen LogP contribution in [0.1, 0.15) is 24.3 Å². The number of hydrogen-bond donors (Lipinski definition) is 2. The van der Waals surface area contributed by atoms with Crippen LogP contribution in [-0.4, -0.2) is 36.9 Å². The number of sulfone groups is 1. The van der Waals surface area contributed by atoms with Crippen molar-refractivity contribution in [3.8, 4) is 0 Å². The molecule has 6 nitrogen and oxygen atoms in total. The molecule has 0 aliphatic rings. The lowest BCUT2D eigenvalue weighted by atomic mass is 10.2. The van der Waals surface area contributed by atoms with E-state index in [1.165, 1.54) is 32.0 Å². The van der Waals surface area contributed by atoms with Gasteiger partial charge in [0.1, 0.15) is 5.69 Å². The van der Waals surface area contributed by atoms with Crippen molar-refractivity contribution in [1.29, 1.82) is 0 Å². The van der Waals surface area contributed by atoms with Crippen molar-refractivity contribution in [2.75, 3.05) is 12.8 Å². The van der Waals surface area contributed by atoms with Crippen LogP contribution < -0.4 is 10.9 Å². The van der Waals surface area contributed by atoms with E-state index in [1.54, 1.807) is 0 Å². The minimum absolute atomic E-state index is 0.0262. The van der Waals surface area contributed by atoms with Crippen LogP contribution in [0, 0.1) is 0 Å². The largest absolute Gasteiger partial charge is 0.349 e. The maximum Gasteiger partial charge on any atom is 0.267 e. The summed E-state index contributed by atoms with van der Waals surface area (Å²) in [6.45, 7) is 3.02. The fraction of sp³-hybridized carbons (Fsp3) is 0.455. The lowest BCUT2D eigenvalue weighted by molar-refractivity contribution is 0.0945. The fourth-order valence-corrected chi connectivity index (χ4v) is 1.43. The molecule has 1 amide bonds. The number of carbonyl (C=O) groups excluding carboxylic acids is 1. The molecule has 1 aromatic heterocycles. The highest BCUT2D eigenvalue weighted by atomic mass is 32.2. The molecule has 0 saturated carbocycles. The number of aromatic nitrogens is 1. The average molecular weight is 272 g/mol. The Morgan fingerprint density at radius 1 is 1.39 bits per heavy atom. The van der Waals surface area contributed by atoms with E-state index in [0.29, 0.717) is 0 Å². The quantitative estimate of drug-likeness (QED) is 0.801. The molecule has 7 heteroatoms. The minimum Gasteiger partial charge on any atom is -0.349 e. The van der Waals surface area contributed by atoms with Crippen molar-refractivity contribution in [3.63, 3.8) is 0 Å². The molecule has 0 atom stereocenters. The molecule has 0 fully saturated rings. The lowest BCUT2D eigenvalue weighted by Gasteiger charge is -2.22. The SMILES string of the molecule is CC(C)(CNC(=O)c1cccc(=O)[nH]1)S(C)(=O)=O. The Hall–Kier alpha value is -1.63. The summed E-state index contributed by atoms with van der Waals surface area (Å²) in [5, 5.41) is 2.48. The van der Waals surface area contributed by atoms with Gasteiger partial charge in [0, 0.05) is 18.9 Å². The molecule has 1 aromatic rings. The Bertz CT molecular complexity index is 601. The van der Waals surface area contributed by atoms with E-state index in [9.17, 15) is 18.0 Å². The first-order chi connectivity index (χ1) is 8.13. The van der Waals surface area contributed by atoms with Crippen LogP contribution in [0.2, 0.25) is 0 Å². The number of H-pyrrole nitrogens is 1. The maximum atomic E-state index is 11.7. The monoisotopic (exact) mass is 272 g/mol. The molecule has 0 radical (unpaired) electrons. The van der Waals surface area contributed by atoms with Gasteiger partial charge >= 0.3 is 0 Å². The van der Waals surface area contributed by atoms with Gasteiger partial charge in [0.25, 0.3) is 5.91 Å². The summed E-state index contributed by atoms with van der Waals surface area (Å²) in [7, 11) is -3.28. The summed E-state index contributed by atoms with van der Waals surface area (Å²) in [5.74, 6) is -0.510. The van der Waals surface area contributed by atoms with Crippen molar-refractivity contribution in [2.24, 2.45) is 0 Å². The fourth-order valence-electron chi connectivity index (χ4n) is 1.10. The molecule has 0 unspecified atom stereocenters. The van der Waals surface area contributed by atoms with Crippen LogP contribution in [0.15, 0.2) is 23.0 Å². The Morgan fingerprint density at radius 3 is 2.50 bits per heavy atom. The molecule has 0 saturated heterocycles. The zero-order valence-electron chi connectivity index (χ0n) is 10.5. The zero-order chi connectivity index (χ0) is 14.0. The number of pyridine rings is 1. The zero-order valence-corrected chi connectivity index (χ0v) is 11.3. The number of nitrogens with one attached hydrogen (secondary N) is 2. The van der Waals surface area contributed by atoms with Gasteiger partial charge in [-0.2, -0.15) is 0 Å². The van der Waals surface area contributed by atoms with Gasteiger partial charge in [0.15, 0.2) is 9.84 Å². The molecule has 18 heavy (non-hydrogen) atoms. The Balaban J connectivity index is 2.77. The first-order valence-corrected chi connectivity index (χ1v) is 7.20. The van der Waals surface area contributed by atoms with E-state index < -0.39 is 20.5 Å². The number of amides is 1. The van der Waals surface area contributed by atoms with Crippen LogP contribution in [-0.2, 0) is 9.84 Å². The van der Waals surface area contributed by atoms with E-state index >= 15 is 0 Å². The van der Waals surface area contributed by atoms with Crippen molar-refractivity contribution in [1.82, 2.24) is 10.3 Å². The summed E-state index contributed by atoms with van der Waals surface area (Å²) < 4.78 is 21.8. The molecule has 100 valence electrons. The third kappa shape index (κ3) is 3.43. The van der Waals surface area contributed by atoms with Gasteiger partial charge in [-0.25, -0.2) is 8.42 Å². The van der Waals surface area contributed by atoms with Gasteiger partial charge in [0.2, 0.25) is 5.56 Å². The van der Waals surface area contributed by atoms with Crippen molar-refractivity contribution >= 4 is 15.7 Å². The first kappa shape index (κ1) is 14.4.